The number of aryl methyl sites for hydroxylation is 2. The molecule has 0 spiro atoms. The van der Waals surface area contributed by atoms with Crippen LogP contribution in [0.5, 0.6) is 0 Å². The van der Waals surface area contributed by atoms with E-state index in [2.05, 4.69) is 29.4 Å². The van der Waals surface area contributed by atoms with Crippen molar-refractivity contribution in [3.63, 3.8) is 0 Å². The van der Waals surface area contributed by atoms with E-state index in [1.807, 2.05) is 26.8 Å². The molecule has 9 atom stereocenters. The number of aliphatic hydroxyl groups excluding tert-OH is 2. The zero-order valence-electron chi connectivity index (χ0n) is 33.7. The molecule has 4 aliphatic carbocycles. The van der Waals surface area contributed by atoms with Gasteiger partial charge in [0, 0.05) is 23.2 Å². The molecule has 6 aliphatic rings. The maximum atomic E-state index is 17.1. The van der Waals surface area contributed by atoms with Gasteiger partial charge in [-0.25, -0.2) is 4.39 Å². The van der Waals surface area contributed by atoms with Gasteiger partial charge in [-0.1, -0.05) is 48.0 Å². The molecule has 2 saturated heterocycles. The molecule has 8 rings (SSSR count). The standard InChI is InChI=1S/C24H31FO6.C16H16N2O4S2.Mo.2H2S.2S/c1-20(2)30-19-10-16-15-6-5-13-9-14(27)7-8-21(13,3)23(15,25)17(28)11-22(16,4)24(19,31-20)18(29)12-26;1-10-3-7-13(8-4-10)24(20,21)18-16-17-15(19)14(23-16)9-12-6-5-11(2)22-12;;;;;/h7-9,15-17,19,26,28H,5-6,10-12H2,1-4H3;3-8,14H,9H2,1-2H3,(H,17,18,19);;2*1H2;;/q;;+2;;;;/p-2/t15-,16-,17-,19+,21-,22-,23-,24+;;;;;;/m0....../s1. The Kier molecular flexibility index (Phi) is 16.0. The van der Waals surface area contributed by atoms with Crippen LogP contribution >= 0.6 is 31.4 Å². The van der Waals surface area contributed by atoms with Gasteiger partial charge in [0.25, 0.3) is 10.0 Å². The van der Waals surface area contributed by atoms with Crippen LogP contribution in [-0.4, -0.2) is 82.4 Å². The summed E-state index contributed by atoms with van der Waals surface area (Å²) in [6.07, 6.45) is 4.38. The van der Waals surface area contributed by atoms with E-state index in [0.29, 0.717) is 31.4 Å². The number of nitrogens with one attached hydrogen (secondary N) is 1. The van der Waals surface area contributed by atoms with Crippen LogP contribution in [-0.2, 0) is 82.2 Å². The van der Waals surface area contributed by atoms with Crippen molar-refractivity contribution in [3.05, 3.63) is 77.3 Å². The average molecular weight is 1030 g/mol. The van der Waals surface area contributed by atoms with Gasteiger partial charge in [0.2, 0.25) is 5.91 Å². The van der Waals surface area contributed by atoms with E-state index in [4.69, 9.17) is 13.9 Å². The number of halogens is 1. The molecule has 0 radical (unpaired) electrons. The number of aliphatic hydroxyl groups is 2. The summed E-state index contributed by atoms with van der Waals surface area (Å²) in [6.45, 7) is 10.1. The number of allylic oxidation sites excluding steroid dienone is 4. The van der Waals surface area contributed by atoms with Crippen molar-refractivity contribution in [1.29, 1.82) is 0 Å². The first-order chi connectivity index (χ1) is 27.1. The van der Waals surface area contributed by atoms with Crippen LogP contribution in [0.2, 0.25) is 0 Å². The Morgan fingerprint density at radius 2 is 1.72 bits per heavy atom. The number of rotatable bonds is 6. The molecular weight excluding hydrogens is 976 g/mol. The van der Waals surface area contributed by atoms with Gasteiger partial charge in [-0.2, -0.15) is 8.42 Å². The number of hydrogen-bond donors (Lipinski definition) is 3. The first-order valence-electron chi connectivity index (χ1n) is 18.8. The Morgan fingerprint density at radius 1 is 1.07 bits per heavy atom. The van der Waals surface area contributed by atoms with E-state index in [0.717, 1.165) is 28.7 Å². The maximum absolute atomic E-state index is 17.1. The number of ketones is 2. The average Bonchev–Trinajstić information content (AvgIpc) is 3.85. The quantitative estimate of drug-likeness (QED) is 0.185. The fourth-order valence-electron chi connectivity index (χ4n) is 10.2. The second-order valence-electron chi connectivity index (χ2n) is 16.5. The fraction of sp³-hybridized carbons (Fsp3) is 0.550. The summed E-state index contributed by atoms with van der Waals surface area (Å²) in [6, 6.07) is 10.0. The van der Waals surface area contributed by atoms with Crippen molar-refractivity contribution in [1.82, 2.24) is 5.32 Å². The number of thiol groups is 2. The molecule has 20 heteroatoms. The van der Waals surface area contributed by atoms with Crippen LogP contribution in [0.1, 0.15) is 70.5 Å². The zero-order chi connectivity index (χ0) is 42.6. The summed E-state index contributed by atoms with van der Waals surface area (Å²) in [5.74, 6) is -1.28. The summed E-state index contributed by atoms with van der Waals surface area (Å²) in [7, 11) is 4.83. The predicted octanol–water partition coefficient (Wildman–Crippen LogP) is 5.59. The molecule has 1 aromatic heterocycles. The molecule has 0 bridgehead atoms. The molecule has 328 valence electrons. The van der Waals surface area contributed by atoms with Crippen LogP contribution < -0.4 is 5.32 Å². The Morgan fingerprint density at radius 3 is 2.32 bits per heavy atom. The first-order valence-corrected chi connectivity index (χ1v) is 26.7. The number of fused-ring (bicyclic) bond motifs is 7. The monoisotopic (exact) mass is 1030 g/mol. The van der Waals surface area contributed by atoms with Gasteiger partial charge in [-0.15, -0.1) is 4.40 Å². The van der Waals surface area contributed by atoms with E-state index < -0.39 is 73.7 Å². The van der Waals surface area contributed by atoms with Crippen molar-refractivity contribution in [2.45, 2.75) is 113 Å². The van der Waals surface area contributed by atoms with Gasteiger partial charge in [0.1, 0.15) is 18.1 Å². The van der Waals surface area contributed by atoms with Crippen LogP contribution in [0, 0.1) is 36.5 Å². The number of ether oxygens (including phenoxy) is 2. The van der Waals surface area contributed by atoms with Crippen LogP contribution in [0.25, 0.3) is 0 Å². The third kappa shape index (κ3) is 8.89. The fourth-order valence-corrected chi connectivity index (χ4v) is 12.3. The van der Waals surface area contributed by atoms with E-state index in [9.17, 15) is 33.0 Å². The van der Waals surface area contributed by atoms with Crippen LogP contribution in [0.4, 0.5) is 4.39 Å². The number of carbonyl (C=O) groups is 3. The number of thioether (sulfide) groups is 1. The summed E-state index contributed by atoms with van der Waals surface area (Å²) < 4.78 is 63.3. The van der Waals surface area contributed by atoms with Gasteiger partial charge in [0.15, 0.2) is 33.8 Å². The first kappa shape index (κ1) is 51.0. The molecule has 1 unspecified atom stereocenters. The van der Waals surface area contributed by atoms with Gasteiger partial charge in [-0.3, -0.25) is 14.4 Å². The zero-order valence-corrected chi connectivity index (χ0v) is 40.8. The number of benzene rings is 1. The normalized spacial score (nSPS) is 34.9. The summed E-state index contributed by atoms with van der Waals surface area (Å²) >= 11 is 0.734. The van der Waals surface area contributed by atoms with Crippen molar-refractivity contribution >= 4 is 91.1 Å². The third-order valence-electron chi connectivity index (χ3n) is 12.7. The predicted molar refractivity (Wildman–Crippen MR) is 234 cm³/mol. The molecule has 60 heavy (non-hydrogen) atoms. The minimum absolute atomic E-state index is 0. The molecule has 3 N–H and O–H groups in total. The number of alkyl halides is 1. The third-order valence-corrected chi connectivity index (χ3v) is 15.2. The van der Waals surface area contributed by atoms with E-state index in [1.54, 1.807) is 45.0 Å². The Labute approximate surface area is 383 Å². The number of carbonyl (C=O) groups excluding carboxylic acids is 3. The van der Waals surface area contributed by atoms with Gasteiger partial charge in [0.05, 0.1) is 22.4 Å². The van der Waals surface area contributed by atoms with Crippen molar-refractivity contribution in [3.8, 4) is 0 Å². The van der Waals surface area contributed by atoms with E-state index in [-0.39, 0.29) is 76.0 Å². The number of amides is 1. The van der Waals surface area contributed by atoms with Crippen molar-refractivity contribution in [2.75, 3.05) is 6.61 Å². The molecule has 2 aromatic rings. The number of sulfonamides is 1. The molecule has 1 aromatic carbocycles. The molecule has 3 saturated carbocycles. The molecule has 12 nitrogen and oxygen atoms in total. The molecule has 5 fully saturated rings. The topological polar surface area (TPSA) is 182 Å². The Balaban J connectivity index is 0.000000247. The number of nitrogens with zero attached hydrogens (tertiary/aromatic N) is 1. The second kappa shape index (κ2) is 18.8. The summed E-state index contributed by atoms with van der Waals surface area (Å²) in [5.41, 5.74) is -3.70. The number of furan rings is 1. The Bertz CT molecular complexity index is 2250. The number of amidine groups is 1. The SMILES string of the molecule is CC1(C)O[C@@H]2C[C@H]3[C@@H]4CCC5=CC(=O)C=C[C@]5(C)[C@@]4(F)[C@@H](O)C[C@]3(C)[C@]2(C(=O)CO)O1.Cc1ccc(S(=O)(=O)N=C2NC(=O)C(Cc3ccc(C)o3)S2)cc1.[SH-].[SH-].[S]=[Mo+2]=[S]. The van der Waals surface area contributed by atoms with E-state index in [1.165, 1.54) is 24.3 Å². The van der Waals surface area contributed by atoms with Crippen LogP contribution in [0.15, 0.2) is 73.9 Å². The van der Waals surface area contributed by atoms with Crippen LogP contribution in [0.3, 0.4) is 0 Å². The molecular formula is C40H49FMoN2O10S6. The Hall–Kier alpha value is -1.64. The molecule has 1 amide bonds. The van der Waals surface area contributed by atoms with Gasteiger partial charge >= 0.3 is 34.6 Å². The van der Waals surface area contributed by atoms with E-state index >= 15 is 4.39 Å². The van der Waals surface area contributed by atoms with Gasteiger partial charge < -0.3 is 56.4 Å². The van der Waals surface area contributed by atoms with Crippen molar-refractivity contribution in [2.24, 2.45) is 27.1 Å². The second-order valence-corrected chi connectivity index (χ2v) is 22.8. The summed E-state index contributed by atoms with van der Waals surface area (Å²) in [4.78, 5) is 37.2. The number of Topliss-reactive ketones (excluding diaryl/α,β-unsaturated/α-hetero) is 1. The summed E-state index contributed by atoms with van der Waals surface area (Å²) in [5, 5.41) is 23.3. The van der Waals surface area contributed by atoms with Crippen molar-refractivity contribution < 1.29 is 66.2 Å². The minimum atomic E-state index is -3.85. The molecule has 2 aliphatic heterocycles. The number of hydrogen-bond acceptors (Lipinski definition) is 15. The molecule has 3 heterocycles. The van der Waals surface area contributed by atoms with Gasteiger partial charge in [-0.05, 0) is 103 Å².